The van der Waals surface area contributed by atoms with Gasteiger partial charge in [0.15, 0.2) is 8.56 Å². The van der Waals surface area contributed by atoms with Gasteiger partial charge in [-0.1, -0.05) is 85.5 Å². The standard InChI is InChI=1S/C17H24OSi3/c1-20(2)15-14-18-19(16-10-6-4-7-11-16)21(20,3)17-12-8-5-9-13-17/h4-13,19H,14-15H2,1-3H3. The van der Waals surface area contributed by atoms with E-state index >= 15 is 0 Å². The number of hydrogen-bond acceptors (Lipinski definition) is 1. The Bertz CT molecular complexity index is 600. The molecule has 3 rings (SSSR count). The van der Waals surface area contributed by atoms with Gasteiger partial charge in [0.05, 0.1) is 0 Å². The van der Waals surface area contributed by atoms with Gasteiger partial charge >= 0.3 is 0 Å². The molecule has 2 atom stereocenters. The maximum atomic E-state index is 6.51. The van der Waals surface area contributed by atoms with Crippen molar-refractivity contribution in [3.63, 3.8) is 0 Å². The van der Waals surface area contributed by atoms with E-state index in [1.165, 1.54) is 11.2 Å². The summed E-state index contributed by atoms with van der Waals surface area (Å²) in [6.07, 6.45) is 0. The van der Waals surface area contributed by atoms with Gasteiger partial charge in [-0.3, -0.25) is 0 Å². The molecule has 4 heteroatoms. The van der Waals surface area contributed by atoms with Crippen LogP contribution in [0.25, 0.3) is 0 Å². The lowest BCUT2D eigenvalue weighted by molar-refractivity contribution is 0.355. The van der Waals surface area contributed by atoms with Crippen LogP contribution in [0.1, 0.15) is 0 Å². The molecular formula is C17H24OSi3. The molecule has 0 aromatic heterocycles. The summed E-state index contributed by atoms with van der Waals surface area (Å²) >= 11 is 0. The van der Waals surface area contributed by atoms with Gasteiger partial charge in [-0.25, -0.2) is 0 Å². The largest absolute Gasteiger partial charge is 0.418 e. The Morgan fingerprint density at radius 1 is 0.857 bits per heavy atom. The Morgan fingerprint density at radius 2 is 1.43 bits per heavy atom. The van der Waals surface area contributed by atoms with E-state index in [4.69, 9.17) is 4.43 Å². The Hall–Kier alpha value is -0.949. The van der Waals surface area contributed by atoms with Crippen molar-refractivity contribution < 1.29 is 4.43 Å². The molecule has 0 N–H and O–H groups in total. The highest BCUT2D eigenvalue weighted by molar-refractivity contribution is 7.69. The van der Waals surface area contributed by atoms with E-state index < -0.39 is 23.3 Å². The summed E-state index contributed by atoms with van der Waals surface area (Å²) in [6.45, 7) is 8.83. The first-order valence-corrected chi connectivity index (χ1v) is 17.3. The van der Waals surface area contributed by atoms with Crippen molar-refractivity contribution in [2.75, 3.05) is 6.61 Å². The van der Waals surface area contributed by atoms with E-state index in [1.807, 2.05) is 0 Å². The van der Waals surface area contributed by atoms with Crippen LogP contribution in [0.3, 0.4) is 0 Å². The summed E-state index contributed by atoms with van der Waals surface area (Å²) in [6, 6.07) is 23.7. The maximum Gasteiger partial charge on any atom is 0.197 e. The third kappa shape index (κ3) is 2.50. The molecule has 110 valence electrons. The lowest BCUT2D eigenvalue weighted by Gasteiger charge is -2.49. The van der Waals surface area contributed by atoms with Gasteiger partial charge in [-0.2, -0.15) is 0 Å². The van der Waals surface area contributed by atoms with Crippen LogP contribution in [0.5, 0.6) is 0 Å². The predicted molar refractivity (Wildman–Crippen MR) is 99.2 cm³/mol. The second-order valence-corrected chi connectivity index (χ2v) is 29.8. The van der Waals surface area contributed by atoms with Crippen LogP contribution < -0.4 is 10.4 Å². The molecule has 0 bridgehead atoms. The fourth-order valence-electron chi connectivity index (χ4n) is 3.60. The van der Waals surface area contributed by atoms with Crippen LogP contribution in [-0.2, 0) is 4.43 Å². The summed E-state index contributed by atoms with van der Waals surface area (Å²) < 4.78 is 6.51. The highest BCUT2D eigenvalue weighted by Crippen LogP contribution is 2.30. The monoisotopic (exact) mass is 328 g/mol. The normalized spacial score (nSPS) is 28.2. The fourth-order valence-corrected chi connectivity index (χ4v) is 32.0. The van der Waals surface area contributed by atoms with Crippen molar-refractivity contribution >= 4 is 33.6 Å². The molecular weight excluding hydrogens is 304 g/mol. The third-order valence-electron chi connectivity index (χ3n) is 5.42. The first kappa shape index (κ1) is 15.0. The summed E-state index contributed by atoms with van der Waals surface area (Å²) in [5, 5.41) is 3.14. The molecule has 0 radical (unpaired) electrons. The molecule has 0 spiro atoms. The number of benzene rings is 2. The molecule has 21 heavy (non-hydrogen) atoms. The molecule has 1 aliphatic heterocycles. The second-order valence-electron chi connectivity index (χ2n) is 6.86. The van der Waals surface area contributed by atoms with Crippen molar-refractivity contribution in [3.05, 3.63) is 60.7 Å². The fraction of sp³-hybridized carbons (Fsp3) is 0.294. The zero-order valence-corrected chi connectivity index (χ0v) is 16.3. The van der Waals surface area contributed by atoms with Gasteiger partial charge in [0.1, 0.15) is 7.11 Å². The van der Waals surface area contributed by atoms with Crippen LogP contribution in [0, 0.1) is 0 Å². The number of hydrogen-bond donors (Lipinski definition) is 0. The Labute approximate surface area is 131 Å². The lowest BCUT2D eigenvalue weighted by Crippen LogP contribution is -2.80. The van der Waals surface area contributed by atoms with Crippen LogP contribution in [-0.4, -0.2) is 29.9 Å². The molecule has 2 aromatic carbocycles. The number of rotatable bonds is 2. The zero-order chi connectivity index (χ0) is 14.9. The minimum atomic E-state index is -1.56. The third-order valence-corrected chi connectivity index (χ3v) is 38.9. The summed E-state index contributed by atoms with van der Waals surface area (Å²) in [7, 11) is -4.18. The molecule has 1 aliphatic rings. The van der Waals surface area contributed by atoms with E-state index in [2.05, 4.69) is 80.3 Å². The van der Waals surface area contributed by atoms with Gasteiger partial charge in [-0.05, 0) is 11.2 Å². The minimum Gasteiger partial charge on any atom is -0.418 e. The molecule has 1 fully saturated rings. The Balaban J connectivity index is 2.14. The summed E-state index contributed by atoms with van der Waals surface area (Å²) in [5.74, 6) is 0. The van der Waals surface area contributed by atoms with E-state index in [1.54, 1.807) is 5.19 Å². The molecule has 0 amide bonds. The second kappa shape index (κ2) is 5.68. The smallest absolute Gasteiger partial charge is 0.197 e. The molecule has 2 aromatic rings. The summed E-state index contributed by atoms with van der Waals surface area (Å²) in [4.78, 5) is 0. The van der Waals surface area contributed by atoms with Gasteiger partial charge in [0.2, 0.25) is 0 Å². The van der Waals surface area contributed by atoms with Crippen molar-refractivity contribution in [2.45, 2.75) is 25.7 Å². The SMILES string of the molecule is C[Si]1(C)CCO[SiH](c2ccccc2)[Si]1(C)c1ccccc1. The average Bonchev–Trinajstić information content (AvgIpc) is 2.51. The van der Waals surface area contributed by atoms with E-state index in [9.17, 15) is 0 Å². The topological polar surface area (TPSA) is 9.23 Å². The van der Waals surface area contributed by atoms with Crippen molar-refractivity contribution in [3.8, 4) is 0 Å². The Morgan fingerprint density at radius 3 is 2.05 bits per heavy atom. The molecule has 1 heterocycles. The van der Waals surface area contributed by atoms with Crippen molar-refractivity contribution in [1.82, 2.24) is 0 Å². The first-order chi connectivity index (χ1) is 10.1. The van der Waals surface area contributed by atoms with Crippen LogP contribution in [0.2, 0.25) is 25.7 Å². The minimum absolute atomic E-state index is 0.987. The predicted octanol–water partition coefficient (Wildman–Crippen LogP) is 2.50. The van der Waals surface area contributed by atoms with Crippen LogP contribution in [0.15, 0.2) is 60.7 Å². The molecule has 0 aliphatic carbocycles. The van der Waals surface area contributed by atoms with Gasteiger partial charge < -0.3 is 4.43 Å². The Kier molecular flexibility index (Phi) is 4.05. The lowest BCUT2D eigenvalue weighted by atomic mass is 10.4. The van der Waals surface area contributed by atoms with E-state index in [-0.39, 0.29) is 0 Å². The average molecular weight is 329 g/mol. The van der Waals surface area contributed by atoms with Crippen molar-refractivity contribution in [2.24, 2.45) is 0 Å². The highest BCUT2D eigenvalue weighted by atomic mass is 29.6. The first-order valence-electron chi connectivity index (χ1n) is 7.78. The molecule has 0 saturated carbocycles. The van der Waals surface area contributed by atoms with Crippen molar-refractivity contribution in [1.29, 1.82) is 0 Å². The molecule has 1 saturated heterocycles. The maximum absolute atomic E-state index is 6.51. The van der Waals surface area contributed by atoms with E-state index in [0.29, 0.717) is 0 Å². The zero-order valence-electron chi connectivity index (χ0n) is 13.2. The quantitative estimate of drug-likeness (QED) is 0.770. The summed E-state index contributed by atoms with van der Waals surface area (Å²) in [5.41, 5.74) is 0. The van der Waals surface area contributed by atoms with Crippen LogP contribution in [0.4, 0.5) is 0 Å². The molecule has 1 nitrogen and oxygen atoms in total. The van der Waals surface area contributed by atoms with Gasteiger partial charge in [0, 0.05) is 14.2 Å². The van der Waals surface area contributed by atoms with Crippen LogP contribution >= 0.6 is 0 Å². The molecule has 2 unspecified atom stereocenters. The van der Waals surface area contributed by atoms with Gasteiger partial charge in [-0.15, -0.1) is 0 Å². The highest BCUT2D eigenvalue weighted by Gasteiger charge is 2.56. The van der Waals surface area contributed by atoms with Gasteiger partial charge in [0.25, 0.3) is 0 Å². The van der Waals surface area contributed by atoms with E-state index in [0.717, 1.165) is 6.61 Å².